The van der Waals surface area contributed by atoms with Crippen LogP contribution in [-0.4, -0.2) is 53.8 Å². The van der Waals surface area contributed by atoms with Crippen molar-refractivity contribution >= 4 is 27.4 Å². The molecule has 1 aliphatic carbocycles. The van der Waals surface area contributed by atoms with Crippen LogP contribution in [0.5, 0.6) is 0 Å². The number of cyclic esters (lactones) is 1. The second kappa shape index (κ2) is 10.4. The average Bonchev–Trinajstić information content (AvgIpc) is 3.54. The Morgan fingerprint density at radius 3 is 2.19 bits per heavy atom. The average molecular weight is 632 g/mol. The molecule has 0 radical (unpaired) electrons. The first kappa shape index (κ1) is 30.1. The monoisotopic (exact) mass is 631 g/mol. The standard InChI is InChI=1S/C26H19F6N3O7S/c27-25(28,29)19-3-1-2-17-16(19)8-9-20(17)35-22(37)18(21(36)13-43(40,41)26(30,31)32)12-34(23(35)38)15-6-4-14(5-7-15)33-10-11-42-24(33)39/h1-7,12,20H,8-11,13H2/t20-/m1/s1. The highest BCUT2D eigenvalue weighted by Crippen LogP contribution is 2.41. The molecule has 17 heteroatoms. The molecule has 3 aromatic rings. The number of Topliss-reactive ketones (excluding diaryl/α,β-unsaturated/α-hetero) is 1. The lowest BCUT2D eigenvalue weighted by atomic mass is 10.0. The van der Waals surface area contributed by atoms with Crippen LogP contribution in [0.25, 0.3) is 5.69 Å². The van der Waals surface area contributed by atoms with Gasteiger partial charge < -0.3 is 4.74 Å². The number of benzene rings is 2. The van der Waals surface area contributed by atoms with Gasteiger partial charge in [-0.25, -0.2) is 18.0 Å². The first-order valence-corrected chi connectivity index (χ1v) is 14.1. The number of hydrogen-bond donors (Lipinski definition) is 0. The van der Waals surface area contributed by atoms with Crippen LogP contribution in [0.1, 0.15) is 39.5 Å². The van der Waals surface area contributed by atoms with Crippen molar-refractivity contribution in [1.29, 1.82) is 0 Å². The summed E-state index contributed by atoms with van der Waals surface area (Å²) >= 11 is 0. The SMILES string of the molecule is O=C(CS(=O)(=O)C(F)(F)F)c1cn(-c2ccc(N3CCOC3=O)cc2)c(=O)n([C@@H]2CCc3c2cccc3C(F)(F)F)c1=O. The number of fused-ring (bicyclic) bond motifs is 1. The highest BCUT2D eigenvalue weighted by Gasteiger charge is 2.47. The van der Waals surface area contributed by atoms with Crippen molar-refractivity contribution in [1.82, 2.24) is 9.13 Å². The zero-order valence-electron chi connectivity index (χ0n) is 21.6. The second-order valence-corrected chi connectivity index (χ2v) is 11.7. The van der Waals surface area contributed by atoms with Gasteiger partial charge in [-0.15, -0.1) is 0 Å². The van der Waals surface area contributed by atoms with Gasteiger partial charge in [0, 0.05) is 11.9 Å². The number of alkyl halides is 6. The molecule has 0 unspecified atom stereocenters. The van der Waals surface area contributed by atoms with Gasteiger partial charge in [0.2, 0.25) is 0 Å². The minimum atomic E-state index is -6.03. The molecular weight excluding hydrogens is 612 g/mol. The van der Waals surface area contributed by atoms with Gasteiger partial charge in [-0.1, -0.05) is 12.1 Å². The lowest BCUT2D eigenvalue weighted by molar-refractivity contribution is -0.138. The Kier molecular flexibility index (Phi) is 7.27. The van der Waals surface area contributed by atoms with Crippen molar-refractivity contribution in [2.45, 2.75) is 30.6 Å². The van der Waals surface area contributed by atoms with E-state index in [0.717, 1.165) is 12.1 Å². The number of halogens is 6. The van der Waals surface area contributed by atoms with Gasteiger partial charge in [0.25, 0.3) is 15.4 Å². The summed E-state index contributed by atoms with van der Waals surface area (Å²) in [6, 6.07) is 7.10. The maximum atomic E-state index is 13.7. The van der Waals surface area contributed by atoms with E-state index in [0.29, 0.717) is 21.0 Å². The van der Waals surface area contributed by atoms with E-state index in [9.17, 15) is 53.9 Å². The van der Waals surface area contributed by atoms with E-state index in [1.807, 2.05) is 0 Å². The molecule has 10 nitrogen and oxygen atoms in total. The van der Waals surface area contributed by atoms with Crippen LogP contribution in [0.4, 0.5) is 36.8 Å². The molecule has 1 aromatic heterocycles. The second-order valence-electron chi connectivity index (χ2n) is 9.71. The van der Waals surface area contributed by atoms with Crippen LogP contribution in [0.15, 0.2) is 58.3 Å². The summed E-state index contributed by atoms with van der Waals surface area (Å²) in [6.07, 6.45) is -5.24. The highest BCUT2D eigenvalue weighted by molar-refractivity contribution is 7.93. The molecule has 5 rings (SSSR count). The van der Waals surface area contributed by atoms with Gasteiger partial charge >= 0.3 is 23.5 Å². The largest absolute Gasteiger partial charge is 0.497 e. The minimum absolute atomic E-state index is 0.0509. The minimum Gasteiger partial charge on any atom is -0.447 e. The predicted molar refractivity (Wildman–Crippen MR) is 137 cm³/mol. The number of ether oxygens (including phenoxy) is 1. The molecule has 1 saturated heterocycles. The number of anilines is 1. The fraction of sp³-hybridized carbons (Fsp3) is 0.308. The van der Waals surface area contributed by atoms with Crippen LogP contribution in [0, 0.1) is 0 Å². The van der Waals surface area contributed by atoms with Gasteiger partial charge in [0.05, 0.1) is 23.8 Å². The molecule has 2 aromatic carbocycles. The number of sulfone groups is 1. The summed E-state index contributed by atoms with van der Waals surface area (Å²) in [5, 5.41) is 0. The van der Waals surface area contributed by atoms with E-state index >= 15 is 0 Å². The molecule has 0 bridgehead atoms. The summed E-state index contributed by atoms with van der Waals surface area (Å²) in [6.45, 7) is 0.340. The van der Waals surface area contributed by atoms with Gasteiger partial charge in [0.15, 0.2) is 5.78 Å². The molecule has 0 N–H and O–H groups in total. The summed E-state index contributed by atoms with van der Waals surface area (Å²) in [4.78, 5) is 53.2. The molecule has 0 saturated carbocycles. The van der Waals surface area contributed by atoms with E-state index in [2.05, 4.69) is 0 Å². The number of hydrogen-bond acceptors (Lipinski definition) is 7. The Bertz CT molecular complexity index is 1860. The zero-order valence-corrected chi connectivity index (χ0v) is 22.4. The molecule has 2 aliphatic rings. The van der Waals surface area contributed by atoms with Crippen molar-refractivity contribution in [3.63, 3.8) is 0 Å². The third kappa shape index (κ3) is 5.32. The Labute approximate surface area is 237 Å². The van der Waals surface area contributed by atoms with E-state index in [1.54, 1.807) is 0 Å². The van der Waals surface area contributed by atoms with E-state index in [4.69, 9.17) is 4.74 Å². The molecule has 2 heterocycles. The third-order valence-corrected chi connectivity index (χ3v) is 8.50. The number of ketones is 1. The number of nitrogens with zero attached hydrogens (tertiary/aromatic N) is 3. The summed E-state index contributed by atoms with van der Waals surface area (Å²) in [5.74, 6) is -3.91. The Hall–Kier alpha value is -4.41. The molecule has 228 valence electrons. The fourth-order valence-corrected chi connectivity index (χ4v) is 5.81. The Morgan fingerprint density at radius 1 is 0.953 bits per heavy atom. The van der Waals surface area contributed by atoms with Crippen LogP contribution < -0.4 is 16.1 Å². The van der Waals surface area contributed by atoms with Gasteiger partial charge in [-0.2, -0.15) is 26.3 Å². The van der Waals surface area contributed by atoms with Crippen molar-refractivity contribution in [3.05, 3.63) is 91.8 Å². The van der Waals surface area contributed by atoms with Crippen LogP contribution >= 0.6 is 0 Å². The molecule has 43 heavy (non-hydrogen) atoms. The number of rotatable bonds is 6. The number of carbonyl (C=O) groups excluding carboxylic acids is 2. The van der Waals surface area contributed by atoms with E-state index < -0.39 is 67.6 Å². The lowest BCUT2D eigenvalue weighted by Crippen LogP contribution is -2.44. The molecule has 1 amide bonds. The van der Waals surface area contributed by atoms with E-state index in [1.165, 1.54) is 35.2 Å². The maximum absolute atomic E-state index is 13.7. The molecule has 0 spiro atoms. The van der Waals surface area contributed by atoms with Crippen molar-refractivity contribution < 1.29 is 49.1 Å². The normalized spacial score (nSPS) is 17.2. The van der Waals surface area contributed by atoms with Crippen LogP contribution in [0.3, 0.4) is 0 Å². The summed E-state index contributed by atoms with van der Waals surface area (Å²) < 4.78 is 109. The van der Waals surface area contributed by atoms with Crippen LogP contribution in [0.2, 0.25) is 0 Å². The molecule has 1 aliphatic heterocycles. The quantitative estimate of drug-likeness (QED) is 0.301. The Balaban J connectivity index is 1.68. The predicted octanol–water partition coefficient (Wildman–Crippen LogP) is 3.63. The summed E-state index contributed by atoms with van der Waals surface area (Å²) in [7, 11) is -6.03. The molecule has 1 fully saturated rings. The first-order valence-electron chi connectivity index (χ1n) is 12.5. The molecular formula is C26H19F6N3O7S. The van der Waals surface area contributed by atoms with Gasteiger partial charge in [-0.3, -0.25) is 23.6 Å². The molecule has 1 atom stereocenters. The van der Waals surface area contributed by atoms with Gasteiger partial charge in [0.1, 0.15) is 17.9 Å². The van der Waals surface area contributed by atoms with Crippen molar-refractivity contribution in [2.75, 3.05) is 23.8 Å². The van der Waals surface area contributed by atoms with E-state index in [-0.39, 0.29) is 42.8 Å². The first-order chi connectivity index (χ1) is 20.0. The number of aromatic nitrogens is 2. The lowest BCUT2D eigenvalue weighted by Gasteiger charge is -2.20. The summed E-state index contributed by atoms with van der Waals surface area (Å²) in [5.41, 5.74) is -10.5. The Morgan fingerprint density at radius 2 is 1.60 bits per heavy atom. The topological polar surface area (TPSA) is 125 Å². The van der Waals surface area contributed by atoms with Crippen molar-refractivity contribution in [2.24, 2.45) is 0 Å². The fourth-order valence-electron chi connectivity index (χ4n) is 5.14. The number of amides is 1. The van der Waals surface area contributed by atoms with Gasteiger partial charge in [-0.05, 0) is 54.3 Å². The zero-order chi connectivity index (χ0) is 31.5. The third-order valence-electron chi connectivity index (χ3n) is 7.15. The number of carbonyl (C=O) groups is 2. The smallest absolute Gasteiger partial charge is 0.447 e. The highest BCUT2D eigenvalue weighted by atomic mass is 32.2. The maximum Gasteiger partial charge on any atom is 0.497 e. The van der Waals surface area contributed by atoms with Crippen molar-refractivity contribution in [3.8, 4) is 5.69 Å². The van der Waals surface area contributed by atoms with Crippen LogP contribution in [-0.2, 0) is 27.2 Å².